The lowest BCUT2D eigenvalue weighted by atomic mass is 9.67. The maximum absolute atomic E-state index is 10.9. The number of carbonyl (C=O) groups is 1. The summed E-state index contributed by atoms with van der Waals surface area (Å²) >= 11 is 0. The molecular formula is C14H26O2. The monoisotopic (exact) mass is 226 g/mol. The smallest absolute Gasteiger partial charge is 0.306 e. The summed E-state index contributed by atoms with van der Waals surface area (Å²) in [6, 6.07) is 0. The largest absolute Gasteiger partial charge is 0.481 e. The zero-order valence-electron chi connectivity index (χ0n) is 11.0. The van der Waals surface area contributed by atoms with E-state index < -0.39 is 5.97 Å². The predicted molar refractivity (Wildman–Crippen MR) is 66.4 cm³/mol. The molecule has 1 rings (SSSR count). The highest BCUT2D eigenvalue weighted by molar-refractivity contribution is 5.69. The molecule has 1 saturated carbocycles. The van der Waals surface area contributed by atoms with Gasteiger partial charge < -0.3 is 5.11 Å². The number of carboxylic acid groups (broad SMARTS) is 1. The zero-order valence-corrected chi connectivity index (χ0v) is 11.0. The van der Waals surface area contributed by atoms with Crippen molar-refractivity contribution in [2.75, 3.05) is 0 Å². The molecule has 16 heavy (non-hydrogen) atoms. The molecule has 1 N–H and O–H groups in total. The molecule has 1 aliphatic rings. The molecule has 2 heteroatoms. The van der Waals surface area contributed by atoms with Gasteiger partial charge in [-0.1, -0.05) is 33.6 Å². The van der Waals surface area contributed by atoms with Crippen molar-refractivity contribution in [3.8, 4) is 0 Å². The first-order valence-electron chi connectivity index (χ1n) is 6.71. The zero-order chi connectivity index (χ0) is 12.2. The van der Waals surface area contributed by atoms with Crippen molar-refractivity contribution in [2.24, 2.45) is 17.3 Å². The quantitative estimate of drug-likeness (QED) is 0.766. The minimum atomic E-state index is -0.623. The van der Waals surface area contributed by atoms with Crippen LogP contribution in [-0.4, -0.2) is 11.1 Å². The number of hydrogen-bond acceptors (Lipinski definition) is 1. The minimum absolute atomic E-state index is 0.157. The van der Waals surface area contributed by atoms with Crippen LogP contribution in [0.15, 0.2) is 0 Å². The maximum Gasteiger partial charge on any atom is 0.306 e. The fourth-order valence-electron chi connectivity index (χ4n) is 2.89. The second-order valence-electron chi connectivity index (χ2n) is 5.88. The first kappa shape index (κ1) is 13.5. The highest BCUT2D eigenvalue weighted by Gasteiger charge is 2.34. The Labute approximate surface area is 99.4 Å². The summed E-state index contributed by atoms with van der Waals surface area (Å²) in [5.41, 5.74) is 0.491. The average Bonchev–Trinajstić information content (AvgIpc) is 2.26. The summed E-state index contributed by atoms with van der Waals surface area (Å²) in [5.74, 6) is -0.370. The van der Waals surface area contributed by atoms with Gasteiger partial charge in [0.25, 0.3) is 0 Å². The molecule has 2 nitrogen and oxygen atoms in total. The third-order valence-corrected chi connectivity index (χ3v) is 4.47. The fraction of sp³-hybridized carbons (Fsp3) is 0.929. The third kappa shape index (κ3) is 3.50. The Kier molecular flexibility index (Phi) is 4.82. The van der Waals surface area contributed by atoms with Crippen LogP contribution in [0.1, 0.15) is 65.7 Å². The Balaban J connectivity index is 2.41. The van der Waals surface area contributed by atoms with Crippen molar-refractivity contribution >= 4 is 5.97 Å². The van der Waals surface area contributed by atoms with Gasteiger partial charge in [-0.15, -0.1) is 0 Å². The molecular weight excluding hydrogens is 200 g/mol. The first-order chi connectivity index (χ1) is 7.48. The standard InChI is InChI=1S/C14H26O2/c1-4-5-8-14(3)9-6-12(7-10-14)11(2)13(15)16/h11-12H,4-10H2,1-3H3,(H,15,16)/t11-,12-,14-/m1/s1. The minimum Gasteiger partial charge on any atom is -0.481 e. The van der Waals surface area contributed by atoms with Crippen LogP contribution in [0.2, 0.25) is 0 Å². The van der Waals surface area contributed by atoms with Gasteiger partial charge in [0.15, 0.2) is 0 Å². The van der Waals surface area contributed by atoms with Gasteiger partial charge in [-0.2, -0.15) is 0 Å². The van der Waals surface area contributed by atoms with Crippen LogP contribution in [0.4, 0.5) is 0 Å². The van der Waals surface area contributed by atoms with Crippen molar-refractivity contribution in [1.29, 1.82) is 0 Å². The van der Waals surface area contributed by atoms with Gasteiger partial charge in [0.2, 0.25) is 0 Å². The summed E-state index contributed by atoms with van der Waals surface area (Å²) in [4.78, 5) is 10.9. The molecule has 1 atom stereocenters. The highest BCUT2D eigenvalue weighted by atomic mass is 16.4. The Morgan fingerprint density at radius 2 is 2.00 bits per heavy atom. The Hall–Kier alpha value is -0.530. The van der Waals surface area contributed by atoms with Gasteiger partial charge in [-0.3, -0.25) is 4.79 Å². The van der Waals surface area contributed by atoms with E-state index in [1.54, 1.807) is 0 Å². The van der Waals surface area contributed by atoms with Crippen molar-refractivity contribution in [3.63, 3.8) is 0 Å². The van der Waals surface area contributed by atoms with Crippen LogP contribution in [0.5, 0.6) is 0 Å². The summed E-state index contributed by atoms with van der Waals surface area (Å²) in [7, 11) is 0. The Morgan fingerprint density at radius 3 is 2.44 bits per heavy atom. The second kappa shape index (κ2) is 5.70. The number of rotatable bonds is 5. The molecule has 0 bridgehead atoms. The molecule has 1 aliphatic carbocycles. The van der Waals surface area contributed by atoms with Crippen molar-refractivity contribution in [3.05, 3.63) is 0 Å². The van der Waals surface area contributed by atoms with Crippen LogP contribution in [0, 0.1) is 17.3 Å². The first-order valence-corrected chi connectivity index (χ1v) is 6.71. The molecule has 0 spiro atoms. The van der Waals surface area contributed by atoms with E-state index in [4.69, 9.17) is 5.11 Å². The number of carboxylic acids is 1. The van der Waals surface area contributed by atoms with E-state index in [1.165, 1.54) is 32.1 Å². The van der Waals surface area contributed by atoms with Crippen molar-refractivity contribution in [2.45, 2.75) is 65.7 Å². The summed E-state index contributed by atoms with van der Waals surface area (Å²) in [6.45, 7) is 6.48. The maximum atomic E-state index is 10.9. The third-order valence-electron chi connectivity index (χ3n) is 4.47. The fourth-order valence-corrected chi connectivity index (χ4v) is 2.89. The van der Waals surface area contributed by atoms with Gasteiger partial charge in [-0.25, -0.2) is 0 Å². The van der Waals surface area contributed by atoms with E-state index in [0.717, 1.165) is 12.8 Å². The molecule has 0 aromatic carbocycles. The lowest BCUT2D eigenvalue weighted by molar-refractivity contribution is -0.143. The summed E-state index contributed by atoms with van der Waals surface area (Å²) < 4.78 is 0. The Bertz CT molecular complexity index is 227. The van der Waals surface area contributed by atoms with Crippen molar-refractivity contribution < 1.29 is 9.90 Å². The molecule has 0 aromatic heterocycles. The van der Waals surface area contributed by atoms with Gasteiger partial charge in [-0.05, 0) is 43.4 Å². The Morgan fingerprint density at radius 1 is 1.44 bits per heavy atom. The van der Waals surface area contributed by atoms with Gasteiger partial charge in [0.05, 0.1) is 5.92 Å². The van der Waals surface area contributed by atoms with Crippen LogP contribution in [-0.2, 0) is 4.79 Å². The lowest BCUT2D eigenvalue weighted by Gasteiger charge is -2.38. The SMILES string of the molecule is CCCC[C@]1(C)CC[C@@H]([C@@H](C)C(=O)O)CC1. The molecule has 0 heterocycles. The van der Waals surface area contributed by atoms with Crippen LogP contribution in [0.25, 0.3) is 0 Å². The summed E-state index contributed by atoms with van der Waals surface area (Å²) in [6.07, 6.45) is 8.55. The molecule has 0 radical (unpaired) electrons. The van der Waals surface area contributed by atoms with Crippen LogP contribution >= 0.6 is 0 Å². The average molecular weight is 226 g/mol. The predicted octanol–water partition coefficient (Wildman–Crippen LogP) is 4.09. The molecule has 1 fully saturated rings. The molecule has 0 aromatic rings. The van der Waals surface area contributed by atoms with Crippen LogP contribution < -0.4 is 0 Å². The molecule has 0 unspecified atom stereocenters. The van der Waals surface area contributed by atoms with Gasteiger partial charge >= 0.3 is 5.97 Å². The van der Waals surface area contributed by atoms with E-state index in [2.05, 4.69) is 13.8 Å². The number of unbranched alkanes of at least 4 members (excludes halogenated alkanes) is 1. The van der Waals surface area contributed by atoms with Gasteiger partial charge in [0, 0.05) is 0 Å². The number of hydrogen-bond donors (Lipinski definition) is 1. The van der Waals surface area contributed by atoms with Crippen LogP contribution in [0.3, 0.4) is 0 Å². The normalized spacial score (nSPS) is 32.3. The van der Waals surface area contributed by atoms with E-state index in [-0.39, 0.29) is 5.92 Å². The molecule has 0 amide bonds. The van der Waals surface area contributed by atoms with E-state index in [9.17, 15) is 4.79 Å². The molecule has 94 valence electrons. The van der Waals surface area contributed by atoms with E-state index >= 15 is 0 Å². The molecule has 0 saturated heterocycles. The second-order valence-corrected chi connectivity index (χ2v) is 5.88. The van der Waals surface area contributed by atoms with E-state index in [0.29, 0.717) is 11.3 Å². The highest BCUT2D eigenvalue weighted by Crippen LogP contribution is 2.44. The van der Waals surface area contributed by atoms with Gasteiger partial charge in [0.1, 0.15) is 0 Å². The number of aliphatic carboxylic acids is 1. The lowest BCUT2D eigenvalue weighted by Crippen LogP contribution is -2.30. The topological polar surface area (TPSA) is 37.3 Å². The van der Waals surface area contributed by atoms with E-state index in [1.807, 2.05) is 6.92 Å². The van der Waals surface area contributed by atoms with Crippen molar-refractivity contribution in [1.82, 2.24) is 0 Å². The summed E-state index contributed by atoms with van der Waals surface area (Å²) in [5, 5.41) is 9.01. The molecule has 0 aliphatic heterocycles.